The minimum absolute atomic E-state index is 0.348. The van der Waals surface area contributed by atoms with Gasteiger partial charge in [-0.15, -0.1) is 11.3 Å². The predicted octanol–water partition coefficient (Wildman–Crippen LogP) is -0.652. The maximum Gasteiger partial charge on any atom is 0.328 e. The summed E-state index contributed by atoms with van der Waals surface area (Å²) in [5.41, 5.74) is 0. The van der Waals surface area contributed by atoms with Gasteiger partial charge in [0.05, 0.1) is 18.0 Å². The van der Waals surface area contributed by atoms with Gasteiger partial charge < -0.3 is 20.8 Å². The fourth-order valence-corrected chi connectivity index (χ4v) is 2.02. The number of carboxylic acids is 1. The molecular weight excluding hydrogens is 272 g/mol. The molecule has 0 saturated heterocycles. The second-order valence-corrected chi connectivity index (χ2v) is 5.02. The maximum absolute atomic E-state index is 11.6. The number of carbonyl (C=O) groups excluding carboxylic acids is 2. The molecule has 2 amide bonds. The van der Waals surface area contributed by atoms with Crippen LogP contribution >= 0.6 is 11.3 Å². The third-order valence-corrected chi connectivity index (χ3v) is 3.19. The second-order valence-electron chi connectivity index (χ2n) is 3.73. The van der Waals surface area contributed by atoms with Crippen molar-refractivity contribution < 1.29 is 24.6 Å². The Morgan fingerprint density at radius 2 is 2.05 bits per heavy atom. The predicted molar refractivity (Wildman–Crippen MR) is 68.0 cm³/mol. The van der Waals surface area contributed by atoms with Gasteiger partial charge in [0, 0.05) is 4.88 Å². The number of aryl methyl sites for hydroxylation is 1. The first-order valence-corrected chi connectivity index (χ1v) is 6.23. The van der Waals surface area contributed by atoms with E-state index in [4.69, 9.17) is 10.2 Å². The number of hydrogen-bond acceptors (Lipinski definition) is 5. The van der Waals surface area contributed by atoms with Crippen LogP contribution in [0.1, 0.15) is 14.5 Å². The first-order valence-electron chi connectivity index (χ1n) is 5.41. The van der Waals surface area contributed by atoms with Gasteiger partial charge in [0.2, 0.25) is 5.91 Å². The maximum atomic E-state index is 11.6. The van der Waals surface area contributed by atoms with E-state index in [1.165, 1.54) is 11.3 Å². The molecule has 0 aliphatic rings. The molecule has 0 radical (unpaired) electrons. The molecule has 7 nitrogen and oxygen atoms in total. The Kier molecular flexibility index (Phi) is 5.46. The van der Waals surface area contributed by atoms with E-state index in [2.05, 4.69) is 10.6 Å². The van der Waals surface area contributed by atoms with Crippen LogP contribution in [0, 0.1) is 6.92 Å². The molecule has 0 unspecified atom stereocenters. The molecule has 0 spiro atoms. The van der Waals surface area contributed by atoms with Crippen LogP contribution in [0.15, 0.2) is 12.1 Å². The Morgan fingerprint density at radius 1 is 1.37 bits per heavy atom. The number of nitrogens with one attached hydrogen (secondary N) is 2. The lowest BCUT2D eigenvalue weighted by Crippen LogP contribution is -2.47. The summed E-state index contributed by atoms with van der Waals surface area (Å²) in [5.74, 6) is -2.41. The zero-order valence-electron chi connectivity index (χ0n) is 10.2. The molecule has 1 aromatic rings. The van der Waals surface area contributed by atoms with Crippen LogP contribution in [0.4, 0.5) is 0 Å². The third-order valence-electron chi connectivity index (χ3n) is 2.19. The average molecular weight is 286 g/mol. The first kappa shape index (κ1) is 15.1. The largest absolute Gasteiger partial charge is 0.480 e. The van der Waals surface area contributed by atoms with Crippen molar-refractivity contribution in [2.75, 3.05) is 13.2 Å². The normalized spacial score (nSPS) is 11.7. The number of carboxylic acid groups (broad SMARTS) is 1. The highest BCUT2D eigenvalue weighted by Gasteiger charge is 2.19. The molecule has 1 heterocycles. The van der Waals surface area contributed by atoms with Crippen LogP contribution in [-0.2, 0) is 9.59 Å². The summed E-state index contributed by atoms with van der Waals surface area (Å²) < 4.78 is 0. The highest BCUT2D eigenvalue weighted by Crippen LogP contribution is 2.14. The number of amides is 2. The number of aliphatic carboxylic acids is 1. The standard InChI is InChI=1S/C11H14N2O5S/c1-6-2-3-8(19-6)10(16)12-4-9(15)13-7(5-14)11(17)18/h2-3,7,14H,4-5H2,1H3,(H,12,16)(H,13,15)(H,17,18)/t7-/m0/s1. The summed E-state index contributed by atoms with van der Waals surface area (Å²) in [6.07, 6.45) is 0. The number of carbonyl (C=O) groups is 3. The van der Waals surface area contributed by atoms with Gasteiger partial charge in [-0.25, -0.2) is 4.79 Å². The molecule has 0 aliphatic heterocycles. The van der Waals surface area contributed by atoms with Gasteiger partial charge in [-0.3, -0.25) is 9.59 Å². The van der Waals surface area contributed by atoms with E-state index in [0.29, 0.717) is 4.88 Å². The topological polar surface area (TPSA) is 116 Å². The molecule has 1 atom stereocenters. The lowest BCUT2D eigenvalue weighted by molar-refractivity contribution is -0.142. The van der Waals surface area contributed by atoms with Crippen molar-refractivity contribution in [2.24, 2.45) is 0 Å². The molecule has 1 rings (SSSR count). The molecule has 1 aromatic heterocycles. The Morgan fingerprint density at radius 3 is 2.53 bits per heavy atom. The fraction of sp³-hybridized carbons (Fsp3) is 0.364. The number of thiophene rings is 1. The summed E-state index contributed by atoms with van der Waals surface area (Å²) >= 11 is 1.29. The fourth-order valence-electron chi connectivity index (χ4n) is 1.24. The number of aliphatic hydroxyl groups excluding tert-OH is 1. The molecular formula is C11H14N2O5S. The number of rotatable bonds is 6. The van der Waals surface area contributed by atoms with Crippen molar-refractivity contribution in [3.05, 3.63) is 21.9 Å². The van der Waals surface area contributed by atoms with Gasteiger partial charge in [-0.05, 0) is 19.1 Å². The number of hydrogen-bond donors (Lipinski definition) is 4. The van der Waals surface area contributed by atoms with E-state index in [0.717, 1.165) is 4.88 Å². The van der Waals surface area contributed by atoms with Crippen LogP contribution in [0.2, 0.25) is 0 Å². The lowest BCUT2D eigenvalue weighted by Gasteiger charge is -2.11. The molecule has 0 saturated carbocycles. The monoisotopic (exact) mass is 286 g/mol. The van der Waals surface area contributed by atoms with Crippen molar-refractivity contribution in [3.8, 4) is 0 Å². The second kappa shape index (κ2) is 6.86. The Hall–Kier alpha value is -1.93. The summed E-state index contributed by atoms with van der Waals surface area (Å²) in [4.78, 5) is 35.0. The Bertz CT molecular complexity index is 485. The summed E-state index contributed by atoms with van der Waals surface area (Å²) in [6, 6.07) is 2.06. The molecule has 0 fully saturated rings. The van der Waals surface area contributed by atoms with Gasteiger partial charge in [-0.1, -0.05) is 0 Å². The Labute approximate surface area is 113 Å². The van der Waals surface area contributed by atoms with Crippen LogP contribution in [0.3, 0.4) is 0 Å². The molecule has 0 aliphatic carbocycles. The SMILES string of the molecule is Cc1ccc(C(=O)NCC(=O)N[C@@H](CO)C(=O)O)s1. The molecule has 4 N–H and O–H groups in total. The van der Waals surface area contributed by atoms with Gasteiger partial charge in [0.25, 0.3) is 5.91 Å². The third kappa shape index (κ3) is 4.68. The summed E-state index contributed by atoms with van der Waals surface area (Å²) in [6.45, 7) is 0.797. The van der Waals surface area contributed by atoms with Crippen LogP contribution in [0.5, 0.6) is 0 Å². The molecule has 19 heavy (non-hydrogen) atoms. The zero-order chi connectivity index (χ0) is 14.4. The number of aliphatic hydroxyl groups is 1. The van der Waals surface area contributed by atoms with Crippen molar-refractivity contribution in [1.82, 2.24) is 10.6 Å². The van der Waals surface area contributed by atoms with Crippen molar-refractivity contribution in [1.29, 1.82) is 0 Å². The van der Waals surface area contributed by atoms with E-state index < -0.39 is 30.4 Å². The summed E-state index contributed by atoms with van der Waals surface area (Å²) in [5, 5.41) is 21.8. The highest BCUT2D eigenvalue weighted by molar-refractivity contribution is 7.13. The van der Waals surface area contributed by atoms with E-state index >= 15 is 0 Å². The van der Waals surface area contributed by atoms with E-state index in [-0.39, 0.29) is 6.54 Å². The minimum Gasteiger partial charge on any atom is -0.480 e. The minimum atomic E-state index is -1.37. The van der Waals surface area contributed by atoms with E-state index in [1.807, 2.05) is 6.92 Å². The van der Waals surface area contributed by atoms with Gasteiger partial charge >= 0.3 is 5.97 Å². The lowest BCUT2D eigenvalue weighted by atomic mass is 10.3. The zero-order valence-corrected chi connectivity index (χ0v) is 11.0. The van der Waals surface area contributed by atoms with Gasteiger partial charge in [0.15, 0.2) is 0 Å². The first-order chi connectivity index (χ1) is 8.93. The quantitative estimate of drug-likeness (QED) is 0.554. The molecule has 104 valence electrons. The van der Waals surface area contributed by atoms with E-state index in [9.17, 15) is 14.4 Å². The Balaban J connectivity index is 2.42. The highest BCUT2D eigenvalue weighted by atomic mass is 32.1. The smallest absolute Gasteiger partial charge is 0.328 e. The van der Waals surface area contributed by atoms with Crippen molar-refractivity contribution >= 4 is 29.1 Å². The van der Waals surface area contributed by atoms with Gasteiger partial charge in [-0.2, -0.15) is 0 Å². The van der Waals surface area contributed by atoms with E-state index in [1.54, 1.807) is 12.1 Å². The van der Waals surface area contributed by atoms with Crippen LogP contribution in [0.25, 0.3) is 0 Å². The summed E-state index contributed by atoms with van der Waals surface area (Å²) in [7, 11) is 0. The van der Waals surface area contributed by atoms with Crippen molar-refractivity contribution in [3.63, 3.8) is 0 Å². The van der Waals surface area contributed by atoms with Crippen LogP contribution in [-0.4, -0.2) is 47.2 Å². The molecule has 8 heteroatoms. The van der Waals surface area contributed by atoms with Gasteiger partial charge in [0.1, 0.15) is 6.04 Å². The van der Waals surface area contributed by atoms with Crippen molar-refractivity contribution in [2.45, 2.75) is 13.0 Å². The van der Waals surface area contributed by atoms with Crippen LogP contribution < -0.4 is 10.6 Å². The molecule has 0 aromatic carbocycles. The molecule has 0 bridgehead atoms. The average Bonchev–Trinajstić information content (AvgIpc) is 2.79.